The summed E-state index contributed by atoms with van der Waals surface area (Å²) in [6, 6.07) is 21.9. The lowest BCUT2D eigenvalue weighted by Gasteiger charge is -2.32. The fourth-order valence-corrected chi connectivity index (χ4v) is 5.41. The number of nitrogens with one attached hydrogen (secondary N) is 3. The molecule has 0 saturated carbocycles. The maximum absolute atomic E-state index is 13.4. The Labute approximate surface area is 218 Å². The van der Waals surface area contributed by atoms with E-state index in [1.807, 2.05) is 54.6 Å². The predicted octanol–water partition coefficient (Wildman–Crippen LogP) is 2.32. The molecular formula is C29H25N5O4. The van der Waals surface area contributed by atoms with Gasteiger partial charge in [0.1, 0.15) is 5.54 Å². The molecule has 3 aromatic rings. The van der Waals surface area contributed by atoms with Crippen LogP contribution in [-0.2, 0) is 22.4 Å². The number of urea groups is 1. The molecule has 2 aliphatic heterocycles. The zero-order valence-corrected chi connectivity index (χ0v) is 20.7. The van der Waals surface area contributed by atoms with E-state index < -0.39 is 23.6 Å². The van der Waals surface area contributed by atoms with Gasteiger partial charge in [0.15, 0.2) is 0 Å². The minimum atomic E-state index is -1.12. The zero-order valence-electron chi connectivity index (χ0n) is 20.7. The van der Waals surface area contributed by atoms with Gasteiger partial charge in [0, 0.05) is 30.2 Å². The van der Waals surface area contributed by atoms with Crippen molar-refractivity contribution in [3.8, 4) is 0 Å². The van der Waals surface area contributed by atoms with Crippen molar-refractivity contribution in [3.05, 3.63) is 101 Å². The van der Waals surface area contributed by atoms with E-state index in [4.69, 9.17) is 4.99 Å². The molecule has 1 fully saturated rings. The Kier molecular flexibility index (Phi) is 5.56. The number of benzene rings is 3. The standard InChI is InChI=1S/C29H25N5O4/c1-34-22-10-6-5-9-21(22)23(17-7-3-2-4-8-17)30-24(26(34)36)31-25(35)19-11-12-20-16-29(14-13-18(20)15-19)27(37)32-28(38)33-29/h2-12,15,24H,13-14,16H2,1H3,(H,31,35)(H2,32,33,37,38)/t24-,29?/m0/s1. The molecule has 190 valence electrons. The Morgan fingerprint density at radius 2 is 1.76 bits per heavy atom. The maximum atomic E-state index is 13.4. The van der Waals surface area contributed by atoms with E-state index in [1.54, 1.807) is 25.2 Å². The van der Waals surface area contributed by atoms with Crippen LogP contribution in [0.1, 0.15) is 39.0 Å². The molecule has 5 amide bonds. The molecule has 1 unspecified atom stereocenters. The molecule has 1 aliphatic carbocycles. The van der Waals surface area contributed by atoms with Crippen LogP contribution in [0.5, 0.6) is 0 Å². The summed E-state index contributed by atoms with van der Waals surface area (Å²) in [4.78, 5) is 57.1. The summed E-state index contributed by atoms with van der Waals surface area (Å²) < 4.78 is 0. The van der Waals surface area contributed by atoms with Gasteiger partial charge in [0.05, 0.1) is 11.4 Å². The molecule has 3 aliphatic rings. The van der Waals surface area contributed by atoms with E-state index in [-0.39, 0.29) is 11.8 Å². The molecule has 6 rings (SSSR count). The smallest absolute Gasteiger partial charge is 0.322 e. The highest BCUT2D eigenvalue weighted by Gasteiger charge is 2.47. The molecule has 3 aromatic carbocycles. The lowest BCUT2D eigenvalue weighted by molar-refractivity contribution is -0.124. The Morgan fingerprint density at radius 3 is 2.53 bits per heavy atom. The number of aliphatic imine (C=N–C) groups is 1. The van der Waals surface area contributed by atoms with Crippen LogP contribution in [0.25, 0.3) is 0 Å². The molecule has 9 nitrogen and oxygen atoms in total. The number of rotatable bonds is 3. The van der Waals surface area contributed by atoms with Gasteiger partial charge in [-0.3, -0.25) is 19.7 Å². The third-order valence-corrected chi connectivity index (χ3v) is 7.45. The lowest BCUT2D eigenvalue weighted by Crippen LogP contribution is -2.51. The number of carbonyl (C=O) groups excluding carboxylic acids is 4. The van der Waals surface area contributed by atoms with Crippen LogP contribution in [0.4, 0.5) is 10.5 Å². The summed E-state index contributed by atoms with van der Waals surface area (Å²) in [6.07, 6.45) is 0.210. The zero-order chi connectivity index (χ0) is 26.4. The fourth-order valence-electron chi connectivity index (χ4n) is 5.41. The van der Waals surface area contributed by atoms with Crippen LogP contribution < -0.4 is 20.9 Å². The number of imide groups is 1. The number of aryl methyl sites for hydroxylation is 1. The minimum absolute atomic E-state index is 0.320. The van der Waals surface area contributed by atoms with Gasteiger partial charge >= 0.3 is 6.03 Å². The molecule has 1 spiro atoms. The Balaban J connectivity index is 1.29. The number of anilines is 1. The van der Waals surface area contributed by atoms with Crippen molar-refractivity contribution in [1.82, 2.24) is 16.0 Å². The van der Waals surface area contributed by atoms with Crippen molar-refractivity contribution in [2.45, 2.75) is 31.0 Å². The molecule has 0 bridgehead atoms. The second kappa shape index (κ2) is 8.95. The number of carbonyl (C=O) groups is 4. The van der Waals surface area contributed by atoms with Gasteiger partial charge in [-0.15, -0.1) is 0 Å². The van der Waals surface area contributed by atoms with Gasteiger partial charge in [-0.1, -0.05) is 54.6 Å². The first-order valence-electron chi connectivity index (χ1n) is 12.4. The van der Waals surface area contributed by atoms with Gasteiger partial charge in [-0.25, -0.2) is 9.79 Å². The fraction of sp³-hybridized carbons (Fsp3) is 0.207. The molecule has 2 atom stereocenters. The highest BCUT2D eigenvalue weighted by molar-refractivity contribution is 6.20. The van der Waals surface area contributed by atoms with E-state index in [9.17, 15) is 19.2 Å². The number of para-hydroxylation sites is 1. The number of likely N-dealkylation sites (N-methyl/N-ethyl adjacent to an activating group) is 1. The molecule has 0 radical (unpaired) electrons. The molecule has 2 heterocycles. The summed E-state index contributed by atoms with van der Waals surface area (Å²) in [7, 11) is 1.68. The monoisotopic (exact) mass is 507 g/mol. The molecule has 3 N–H and O–H groups in total. The summed E-state index contributed by atoms with van der Waals surface area (Å²) in [5.74, 6) is -1.09. The molecule has 1 saturated heterocycles. The first-order chi connectivity index (χ1) is 18.3. The van der Waals surface area contributed by atoms with Crippen molar-refractivity contribution in [2.24, 2.45) is 4.99 Å². The highest BCUT2D eigenvalue weighted by Crippen LogP contribution is 2.32. The van der Waals surface area contributed by atoms with Gasteiger partial charge in [-0.2, -0.15) is 0 Å². The van der Waals surface area contributed by atoms with E-state index in [0.717, 1.165) is 22.3 Å². The van der Waals surface area contributed by atoms with Crippen molar-refractivity contribution in [1.29, 1.82) is 0 Å². The van der Waals surface area contributed by atoms with Crippen LogP contribution in [0.2, 0.25) is 0 Å². The number of hydrogen-bond donors (Lipinski definition) is 3. The van der Waals surface area contributed by atoms with E-state index in [0.29, 0.717) is 36.2 Å². The second-order valence-electron chi connectivity index (χ2n) is 9.78. The molecule has 0 aromatic heterocycles. The van der Waals surface area contributed by atoms with Gasteiger partial charge < -0.3 is 15.5 Å². The quantitative estimate of drug-likeness (QED) is 0.472. The number of benzodiazepines with no additional fused rings is 1. The van der Waals surface area contributed by atoms with E-state index in [1.165, 1.54) is 4.90 Å². The second-order valence-corrected chi connectivity index (χ2v) is 9.78. The Hall–Kier alpha value is -4.79. The molecule has 38 heavy (non-hydrogen) atoms. The SMILES string of the molecule is CN1C(=O)[C@H](NC(=O)c2ccc3c(c2)CCC2(C3)NC(=O)NC2=O)N=C(c2ccccc2)c2ccccc21. The minimum Gasteiger partial charge on any atom is -0.323 e. The predicted molar refractivity (Wildman–Crippen MR) is 141 cm³/mol. The Morgan fingerprint density at radius 1 is 1.00 bits per heavy atom. The number of nitrogens with zero attached hydrogens (tertiary/aromatic N) is 2. The van der Waals surface area contributed by atoms with Crippen LogP contribution in [0.3, 0.4) is 0 Å². The number of amides is 5. The summed E-state index contributed by atoms with van der Waals surface area (Å²) in [5, 5.41) is 7.89. The third kappa shape index (κ3) is 3.92. The summed E-state index contributed by atoms with van der Waals surface area (Å²) in [6.45, 7) is 0. The first kappa shape index (κ1) is 23.6. The topological polar surface area (TPSA) is 120 Å². The maximum Gasteiger partial charge on any atom is 0.322 e. The largest absolute Gasteiger partial charge is 0.323 e. The summed E-state index contributed by atoms with van der Waals surface area (Å²) in [5.41, 5.74) is 4.26. The van der Waals surface area contributed by atoms with Gasteiger partial charge in [0.2, 0.25) is 6.17 Å². The van der Waals surface area contributed by atoms with Crippen molar-refractivity contribution in [3.63, 3.8) is 0 Å². The van der Waals surface area contributed by atoms with Gasteiger partial charge in [0.25, 0.3) is 17.7 Å². The lowest BCUT2D eigenvalue weighted by atomic mass is 9.77. The normalized spacial score (nSPS) is 22.1. The van der Waals surface area contributed by atoms with Crippen LogP contribution >= 0.6 is 0 Å². The van der Waals surface area contributed by atoms with E-state index in [2.05, 4.69) is 16.0 Å². The van der Waals surface area contributed by atoms with Crippen LogP contribution in [-0.4, -0.2) is 48.2 Å². The number of hydrogen-bond acceptors (Lipinski definition) is 5. The third-order valence-electron chi connectivity index (χ3n) is 7.45. The highest BCUT2D eigenvalue weighted by atomic mass is 16.2. The van der Waals surface area contributed by atoms with Crippen LogP contribution in [0.15, 0.2) is 77.8 Å². The van der Waals surface area contributed by atoms with Crippen molar-refractivity contribution in [2.75, 3.05) is 11.9 Å². The van der Waals surface area contributed by atoms with Crippen molar-refractivity contribution >= 4 is 35.2 Å². The average Bonchev–Trinajstić information content (AvgIpc) is 3.15. The van der Waals surface area contributed by atoms with Crippen LogP contribution in [0, 0.1) is 0 Å². The molecular weight excluding hydrogens is 482 g/mol. The van der Waals surface area contributed by atoms with Crippen molar-refractivity contribution < 1.29 is 19.2 Å². The van der Waals surface area contributed by atoms with Gasteiger partial charge in [-0.05, 0) is 42.2 Å². The Bertz CT molecular complexity index is 1530. The summed E-state index contributed by atoms with van der Waals surface area (Å²) >= 11 is 0. The first-order valence-corrected chi connectivity index (χ1v) is 12.4. The molecule has 9 heteroatoms. The average molecular weight is 508 g/mol. The van der Waals surface area contributed by atoms with E-state index >= 15 is 0 Å². The number of fused-ring (bicyclic) bond motifs is 2.